The van der Waals surface area contributed by atoms with Crippen LogP contribution in [0.15, 0.2) is 0 Å². The predicted molar refractivity (Wildman–Crippen MR) is 66.8 cm³/mol. The SMILES string of the molecule is COC1CCCN(C(=O)C2CCC(C)NC2)C1. The molecule has 0 aromatic carbocycles. The van der Waals surface area contributed by atoms with Gasteiger partial charge in [0.15, 0.2) is 0 Å². The molecule has 2 aliphatic heterocycles. The van der Waals surface area contributed by atoms with E-state index in [4.69, 9.17) is 4.74 Å². The van der Waals surface area contributed by atoms with Crippen molar-refractivity contribution in [2.75, 3.05) is 26.7 Å². The summed E-state index contributed by atoms with van der Waals surface area (Å²) in [5.41, 5.74) is 0. The average Bonchev–Trinajstić information content (AvgIpc) is 2.39. The number of nitrogens with one attached hydrogen (secondary N) is 1. The first kappa shape index (κ1) is 12.8. The average molecular weight is 240 g/mol. The third-order valence-electron chi connectivity index (χ3n) is 4.03. The first-order valence-electron chi connectivity index (χ1n) is 6.75. The van der Waals surface area contributed by atoms with E-state index in [1.807, 2.05) is 4.90 Å². The van der Waals surface area contributed by atoms with Crippen LogP contribution < -0.4 is 5.32 Å². The van der Waals surface area contributed by atoms with Gasteiger partial charge in [-0.2, -0.15) is 0 Å². The summed E-state index contributed by atoms with van der Waals surface area (Å²) in [6.07, 6.45) is 4.53. The summed E-state index contributed by atoms with van der Waals surface area (Å²) in [5, 5.41) is 3.40. The Morgan fingerprint density at radius 1 is 1.35 bits per heavy atom. The van der Waals surface area contributed by atoms with E-state index in [2.05, 4.69) is 12.2 Å². The van der Waals surface area contributed by atoms with Crippen LogP contribution >= 0.6 is 0 Å². The molecule has 0 aliphatic carbocycles. The fourth-order valence-electron chi connectivity index (χ4n) is 2.80. The van der Waals surface area contributed by atoms with E-state index in [1.165, 1.54) is 0 Å². The van der Waals surface area contributed by atoms with Gasteiger partial charge in [-0.05, 0) is 32.6 Å². The highest BCUT2D eigenvalue weighted by atomic mass is 16.5. The van der Waals surface area contributed by atoms with Gasteiger partial charge in [0.25, 0.3) is 0 Å². The van der Waals surface area contributed by atoms with Crippen LogP contribution in [0.5, 0.6) is 0 Å². The number of carbonyl (C=O) groups excluding carboxylic acids is 1. The second kappa shape index (κ2) is 5.83. The highest BCUT2D eigenvalue weighted by Crippen LogP contribution is 2.20. The molecule has 2 rings (SSSR count). The van der Waals surface area contributed by atoms with Crippen molar-refractivity contribution in [3.8, 4) is 0 Å². The van der Waals surface area contributed by atoms with E-state index in [-0.39, 0.29) is 12.0 Å². The zero-order valence-corrected chi connectivity index (χ0v) is 10.9. The maximum absolute atomic E-state index is 12.4. The molecule has 0 bridgehead atoms. The first-order valence-corrected chi connectivity index (χ1v) is 6.75. The number of likely N-dealkylation sites (tertiary alicyclic amines) is 1. The molecule has 2 heterocycles. The molecular weight excluding hydrogens is 216 g/mol. The monoisotopic (exact) mass is 240 g/mol. The van der Waals surface area contributed by atoms with Gasteiger partial charge in [0.2, 0.25) is 5.91 Å². The van der Waals surface area contributed by atoms with Crippen LogP contribution in [-0.4, -0.2) is 49.7 Å². The molecule has 0 radical (unpaired) electrons. The lowest BCUT2D eigenvalue weighted by atomic mass is 9.93. The van der Waals surface area contributed by atoms with Crippen molar-refractivity contribution in [2.45, 2.75) is 44.8 Å². The molecule has 1 amide bonds. The topological polar surface area (TPSA) is 41.6 Å². The van der Waals surface area contributed by atoms with E-state index < -0.39 is 0 Å². The number of hydrogen-bond donors (Lipinski definition) is 1. The Morgan fingerprint density at radius 2 is 2.18 bits per heavy atom. The smallest absolute Gasteiger partial charge is 0.227 e. The van der Waals surface area contributed by atoms with Gasteiger partial charge in [0.1, 0.15) is 0 Å². The minimum absolute atomic E-state index is 0.182. The highest BCUT2D eigenvalue weighted by Gasteiger charge is 2.30. The summed E-state index contributed by atoms with van der Waals surface area (Å²) >= 11 is 0. The molecule has 0 saturated carbocycles. The maximum atomic E-state index is 12.4. The molecular formula is C13H24N2O2. The Kier molecular flexibility index (Phi) is 4.40. The lowest BCUT2D eigenvalue weighted by molar-refractivity contribution is -0.139. The summed E-state index contributed by atoms with van der Waals surface area (Å²) in [5.74, 6) is 0.507. The maximum Gasteiger partial charge on any atom is 0.227 e. The number of amides is 1. The quantitative estimate of drug-likeness (QED) is 0.783. The van der Waals surface area contributed by atoms with Crippen LogP contribution in [0.4, 0.5) is 0 Å². The van der Waals surface area contributed by atoms with Crippen LogP contribution in [0.25, 0.3) is 0 Å². The van der Waals surface area contributed by atoms with Crippen LogP contribution in [0.3, 0.4) is 0 Å². The zero-order chi connectivity index (χ0) is 12.3. The Morgan fingerprint density at radius 3 is 2.82 bits per heavy atom. The van der Waals surface area contributed by atoms with Crippen molar-refractivity contribution in [2.24, 2.45) is 5.92 Å². The number of carbonyl (C=O) groups is 1. The molecule has 0 aromatic heterocycles. The second-order valence-corrected chi connectivity index (χ2v) is 5.37. The third kappa shape index (κ3) is 3.19. The van der Waals surface area contributed by atoms with E-state index >= 15 is 0 Å². The molecule has 4 nitrogen and oxygen atoms in total. The van der Waals surface area contributed by atoms with Crippen molar-refractivity contribution >= 4 is 5.91 Å². The summed E-state index contributed by atoms with van der Waals surface area (Å²) in [4.78, 5) is 14.4. The van der Waals surface area contributed by atoms with Gasteiger partial charge < -0.3 is 15.0 Å². The van der Waals surface area contributed by atoms with Gasteiger partial charge in [-0.15, -0.1) is 0 Å². The van der Waals surface area contributed by atoms with E-state index in [1.54, 1.807) is 7.11 Å². The molecule has 17 heavy (non-hydrogen) atoms. The Bertz CT molecular complexity index is 262. The predicted octanol–water partition coefficient (Wildman–Crippen LogP) is 1.01. The molecule has 1 N–H and O–H groups in total. The van der Waals surface area contributed by atoms with E-state index in [0.29, 0.717) is 11.9 Å². The normalized spacial score (nSPS) is 34.7. The lowest BCUT2D eigenvalue weighted by Gasteiger charge is -2.36. The zero-order valence-electron chi connectivity index (χ0n) is 10.9. The fourth-order valence-corrected chi connectivity index (χ4v) is 2.80. The van der Waals surface area contributed by atoms with Crippen LogP contribution in [-0.2, 0) is 9.53 Å². The molecule has 0 aromatic rings. The molecule has 2 fully saturated rings. The minimum atomic E-state index is 0.182. The molecule has 2 aliphatic rings. The Labute approximate surface area is 104 Å². The highest BCUT2D eigenvalue weighted by molar-refractivity contribution is 5.79. The lowest BCUT2D eigenvalue weighted by Crippen LogP contribution is -2.49. The summed E-state index contributed by atoms with van der Waals surface area (Å²) in [6.45, 7) is 4.71. The van der Waals surface area contributed by atoms with Gasteiger partial charge in [0.05, 0.1) is 12.0 Å². The van der Waals surface area contributed by atoms with E-state index in [9.17, 15) is 4.79 Å². The molecule has 4 heteroatoms. The largest absolute Gasteiger partial charge is 0.380 e. The second-order valence-electron chi connectivity index (χ2n) is 5.37. The van der Waals surface area contributed by atoms with Gasteiger partial charge in [-0.1, -0.05) is 0 Å². The first-order chi connectivity index (χ1) is 8.20. The molecule has 98 valence electrons. The van der Waals surface area contributed by atoms with Gasteiger partial charge >= 0.3 is 0 Å². The van der Waals surface area contributed by atoms with E-state index in [0.717, 1.165) is 45.3 Å². The summed E-state index contributed by atoms with van der Waals surface area (Å²) < 4.78 is 5.37. The van der Waals surface area contributed by atoms with Gasteiger partial charge in [0, 0.05) is 32.8 Å². The van der Waals surface area contributed by atoms with Crippen molar-refractivity contribution in [1.82, 2.24) is 10.2 Å². The van der Waals surface area contributed by atoms with Crippen molar-refractivity contribution in [3.05, 3.63) is 0 Å². The number of hydrogen-bond acceptors (Lipinski definition) is 3. The van der Waals surface area contributed by atoms with Crippen LogP contribution in [0.1, 0.15) is 32.6 Å². The molecule has 0 spiro atoms. The number of rotatable bonds is 2. The van der Waals surface area contributed by atoms with Crippen molar-refractivity contribution in [3.63, 3.8) is 0 Å². The Balaban J connectivity index is 1.86. The molecule has 3 atom stereocenters. The minimum Gasteiger partial charge on any atom is -0.380 e. The standard InChI is InChI=1S/C13H24N2O2/c1-10-5-6-11(8-14-10)13(16)15-7-3-4-12(9-15)17-2/h10-12,14H,3-9H2,1-2H3. The number of methoxy groups -OCH3 is 1. The summed E-state index contributed by atoms with van der Waals surface area (Å²) in [6, 6.07) is 0.562. The van der Waals surface area contributed by atoms with Crippen molar-refractivity contribution < 1.29 is 9.53 Å². The van der Waals surface area contributed by atoms with Gasteiger partial charge in [-0.3, -0.25) is 4.79 Å². The van der Waals surface area contributed by atoms with Crippen LogP contribution in [0, 0.1) is 5.92 Å². The Hall–Kier alpha value is -0.610. The van der Waals surface area contributed by atoms with Crippen molar-refractivity contribution in [1.29, 1.82) is 0 Å². The van der Waals surface area contributed by atoms with Gasteiger partial charge in [-0.25, -0.2) is 0 Å². The fraction of sp³-hybridized carbons (Fsp3) is 0.923. The number of piperidine rings is 2. The number of ether oxygens (including phenoxy) is 1. The summed E-state index contributed by atoms with van der Waals surface area (Å²) in [7, 11) is 1.74. The molecule has 2 saturated heterocycles. The molecule has 3 unspecified atom stereocenters. The van der Waals surface area contributed by atoms with Crippen LogP contribution in [0.2, 0.25) is 0 Å². The third-order valence-corrected chi connectivity index (χ3v) is 4.03. The number of nitrogens with zero attached hydrogens (tertiary/aromatic N) is 1.